The number of hydrogen-bond acceptors (Lipinski definition) is 3. The Morgan fingerprint density at radius 2 is 1.88 bits per heavy atom. The number of rotatable bonds is 5. The van der Waals surface area contributed by atoms with Gasteiger partial charge in [-0.15, -0.1) is 12.4 Å². The SMILES string of the molecule is CCN(C)S(=O)(=O)NCC1(C)CCNCC1.Cl. The molecule has 0 radical (unpaired) electrons. The standard InChI is InChI=1S/C10H23N3O2S.ClH/c1-4-13(3)16(14,15)12-9-10(2)5-7-11-8-6-10;/h11-12H,4-9H2,1-3H3;1H. The Morgan fingerprint density at radius 3 is 2.35 bits per heavy atom. The summed E-state index contributed by atoms with van der Waals surface area (Å²) < 4.78 is 27.5. The molecule has 0 atom stereocenters. The van der Waals surface area contributed by atoms with E-state index in [4.69, 9.17) is 0 Å². The predicted molar refractivity (Wildman–Crippen MR) is 72.7 cm³/mol. The molecule has 1 saturated heterocycles. The van der Waals surface area contributed by atoms with Gasteiger partial charge in [0.2, 0.25) is 0 Å². The van der Waals surface area contributed by atoms with E-state index >= 15 is 0 Å². The van der Waals surface area contributed by atoms with Gasteiger partial charge in [0, 0.05) is 20.1 Å². The Balaban J connectivity index is 0.00000256. The van der Waals surface area contributed by atoms with Crippen molar-refractivity contribution in [2.24, 2.45) is 5.41 Å². The molecule has 0 aliphatic carbocycles. The molecule has 104 valence electrons. The molecular weight excluding hydrogens is 262 g/mol. The molecule has 0 unspecified atom stereocenters. The van der Waals surface area contributed by atoms with Crippen molar-refractivity contribution in [2.45, 2.75) is 26.7 Å². The number of hydrogen-bond donors (Lipinski definition) is 2. The lowest BCUT2D eigenvalue weighted by Gasteiger charge is -2.34. The van der Waals surface area contributed by atoms with Gasteiger partial charge < -0.3 is 5.32 Å². The monoisotopic (exact) mass is 285 g/mol. The summed E-state index contributed by atoms with van der Waals surface area (Å²) in [5.41, 5.74) is 0.0902. The smallest absolute Gasteiger partial charge is 0.279 e. The third kappa shape index (κ3) is 5.09. The second kappa shape index (κ2) is 6.89. The van der Waals surface area contributed by atoms with Crippen molar-refractivity contribution in [3.63, 3.8) is 0 Å². The van der Waals surface area contributed by atoms with Crippen LogP contribution in [0.2, 0.25) is 0 Å². The van der Waals surface area contributed by atoms with Crippen LogP contribution >= 0.6 is 12.4 Å². The highest BCUT2D eigenvalue weighted by Crippen LogP contribution is 2.26. The molecule has 1 heterocycles. The largest absolute Gasteiger partial charge is 0.317 e. The molecule has 5 nitrogen and oxygen atoms in total. The summed E-state index contributed by atoms with van der Waals surface area (Å²) >= 11 is 0. The maximum absolute atomic E-state index is 11.7. The molecule has 17 heavy (non-hydrogen) atoms. The second-order valence-electron chi connectivity index (χ2n) is 4.80. The number of piperidine rings is 1. The van der Waals surface area contributed by atoms with E-state index in [0.717, 1.165) is 25.9 Å². The van der Waals surface area contributed by atoms with Gasteiger partial charge in [-0.2, -0.15) is 12.7 Å². The van der Waals surface area contributed by atoms with Crippen LogP contribution in [0, 0.1) is 5.41 Å². The average molecular weight is 286 g/mol. The summed E-state index contributed by atoms with van der Waals surface area (Å²) in [6, 6.07) is 0. The van der Waals surface area contributed by atoms with Crippen molar-refractivity contribution in [3.8, 4) is 0 Å². The molecule has 0 aromatic heterocycles. The van der Waals surface area contributed by atoms with Crippen molar-refractivity contribution in [2.75, 3.05) is 33.2 Å². The highest BCUT2D eigenvalue weighted by molar-refractivity contribution is 7.87. The van der Waals surface area contributed by atoms with E-state index in [9.17, 15) is 8.42 Å². The molecule has 1 aliphatic heterocycles. The summed E-state index contributed by atoms with van der Waals surface area (Å²) in [5, 5.41) is 3.28. The van der Waals surface area contributed by atoms with E-state index in [2.05, 4.69) is 17.0 Å². The summed E-state index contributed by atoms with van der Waals surface area (Å²) in [7, 11) is -1.69. The van der Waals surface area contributed by atoms with Crippen LogP contribution in [0.5, 0.6) is 0 Å². The summed E-state index contributed by atoms with van der Waals surface area (Å²) in [5.74, 6) is 0. The first-order chi connectivity index (χ1) is 7.40. The lowest BCUT2D eigenvalue weighted by Crippen LogP contribution is -2.46. The lowest BCUT2D eigenvalue weighted by molar-refractivity contribution is 0.231. The molecule has 1 rings (SSSR count). The minimum absolute atomic E-state index is 0. The van der Waals surface area contributed by atoms with Gasteiger partial charge in [0.1, 0.15) is 0 Å². The molecule has 0 amide bonds. The van der Waals surface area contributed by atoms with E-state index in [1.165, 1.54) is 4.31 Å². The molecule has 0 spiro atoms. The molecule has 1 fully saturated rings. The Bertz CT molecular complexity index is 316. The van der Waals surface area contributed by atoms with Crippen LogP contribution in [0.4, 0.5) is 0 Å². The Morgan fingerprint density at radius 1 is 1.35 bits per heavy atom. The highest BCUT2D eigenvalue weighted by atomic mass is 35.5. The minimum Gasteiger partial charge on any atom is -0.317 e. The number of nitrogens with one attached hydrogen (secondary N) is 2. The molecule has 7 heteroatoms. The van der Waals surface area contributed by atoms with Crippen molar-refractivity contribution >= 4 is 22.6 Å². The van der Waals surface area contributed by atoms with Crippen LogP contribution < -0.4 is 10.0 Å². The van der Waals surface area contributed by atoms with E-state index in [1.807, 2.05) is 6.92 Å². The average Bonchev–Trinajstić information content (AvgIpc) is 2.27. The van der Waals surface area contributed by atoms with Crippen molar-refractivity contribution in [1.29, 1.82) is 0 Å². The quantitative estimate of drug-likeness (QED) is 0.777. The first-order valence-corrected chi connectivity index (χ1v) is 7.25. The Hall–Kier alpha value is 0.120. The van der Waals surface area contributed by atoms with Crippen LogP contribution in [-0.4, -0.2) is 45.9 Å². The second-order valence-corrected chi connectivity index (χ2v) is 6.66. The number of nitrogens with zero attached hydrogens (tertiary/aromatic N) is 1. The van der Waals surface area contributed by atoms with Crippen molar-refractivity contribution < 1.29 is 8.42 Å². The zero-order valence-corrected chi connectivity index (χ0v) is 12.5. The van der Waals surface area contributed by atoms with Gasteiger partial charge in [-0.25, -0.2) is 4.72 Å². The van der Waals surface area contributed by atoms with E-state index in [0.29, 0.717) is 13.1 Å². The third-order valence-corrected chi connectivity index (χ3v) is 4.94. The molecule has 2 N–H and O–H groups in total. The fourth-order valence-corrected chi connectivity index (χ4v) is 2.84. The van der Waals surface area contributed by atoms with Crippen molar-refractivity contribution in [3.05, 3.63) is 0 Å². The van der Waals surface area contributed by atoms with Gasteiger partial charge in [-0.1, -0.05) is 13.8 Å². The maximum atomic E-state index is 11.7. The van der Waals surface area contributed by atoms with Crippen LogP contribution in [0.15, 0.2) is 0 Å². The molecule has 0 aromatic rings. The maximum Gasteiger partial charge on any atom is 0.279 e. The first kappa shape index (κ1) is 17.1. The van der Waals surface area contributed by atoms with E-state index < -0.39 is 10.2 Å². The lowest BCUT2D eigenvalue weighted by atomic mass is 9.81. The normalized spacial score (nSPS) is 20.0. The van der Waals surface area contributed by atoms with E-state index in [1.54, 1.807) is 7.05 Å². The van der Waals surface area contributed by atoms with Crippen LogP contribution in [0.3, 0.4) is 0 Å². The van der Waals surface area contributed by atoms with Gasteiger partial charge in [0.05, 0.1) is 0 Å². The third-order valence-electron chi connectivity index (χ3n) is 3.35. The van der Waals surface area contributed by atoms with Crippen LogP contribution in [0.25, 0.3) is 0 Å². The molecule has 1 aliphatic rings. The Kier molecular flexibility index (Phi) is 6.94. The molecule has 0 saturated carbocycles. The van der Waals surface area contributed by atoms with Gasteiger partial charge in [-0.3, -0.25) is 0 Å². The van der Waals surface area contributed by atoms with Gasteiger partial charge in [-0.05, 0) is 31.3 Å². The van der Waals surface area contributed by atoms with Gasteiger partial charge in [0.25, 0.3) is 10.2 Å². The van der Waals surface area contributed by atoms with Crippen LogP contribution in [-0.2, 0) is 10.2 Å². The minimum atomic E-state index is -3.28. The molecule has 0 bridgehead atoms. The zero-order chi connectivity index (χ0) is 12.2. The molecule has 0 aromatic carbocycles. The first-order valence-electron chi connectivity index (χ1n) is 5.81. The van der Waals surface area contributed by atoms with Gasteiger partial charge >= 0.3 is 0 Å². The fraction of sp³-hybridized carbons (Fsp3) is 1.00. The number of halogens is 1. The summed E-state index contributed by atoms with van der Waals surface area (Å²) in [6.07, 6.45) is 2.04. The Labute approximate surface area is 111 Å². The topological polar surface area (TPSA) is 61.4 Å². The fourth-order valence-electron chi connectivity index (χ4n) is 1.75. The summed E-state index contributed by atoms with van der Waals surface area (Å²) in [6.45, 7) is 6.94. The van der Waals surface area contributed by atoms with Crippen molar-refractivity contribution in [1.82, 2.24) is 14.3 Å². The van der Waals surface area contributed by atoms with Crippen LogP contribution in [0.1, 0.15) is 26.7 Å². The zero-order valence-electron chi connectivity index (χ0n) is 10.8. The summed E-state index contributed by atoms with van der Waals surface area (Å²) in [4.78, 5) is 0. The van der Waals surface area contributed by atoms with Gasteiger partial charge in [0.15, 0.2) is 0 Å². The predicted octanol–water partition coefficient (Wildman–Crippen LogP) is 0.584. The highest BCUT2D eigenvalue weighted by Gasteiger charge is 2.28. The van der Waals surface area contributed by atoms with E-state index in [-0.39, 0.29) is 17.8 Å². The molecular formula is C10H24ClN3O2S.